The Kier molecular flexibility index (Phi) is 4.49. The van der Waals surface area contributed by atoms with E-state index < -0.39 is 12.1 Å². The largest absolute Gasteiger partial charge is 0.478 e. The Morgan fingerprint density at radius 3 is 2.44 bits per heavy atom. The number of anilines is 1. The number of hydrogen-bond donors (Lipinski definition) is 1. The first-order valence-electron chi connectivity index (χ1n) is 8.28. The van der Waals surface area contributed by atoms with E-state index in [1.165, 1.54) is 6.07 Å². The van der Waals surface area contributed by atoms with Crippen molar-refractivity contribution in [2.75, 3.05) is 11.5 Å². The van der Waals surface area contributed by atoms with Gasteiger partial charge in [0.2, 0.25) is 0 Å². The maximum absolute atomic E-state index is 12.2. The quantitative estimate of drug-likeness (QED) is 0.900. The summed E-state index contributed by atoms with van der Waals surface area (Å²) in [5.74, 6) is -0.827. The van der Waals surface area contributed by atoms with Gasteiger partial charge in [0.15, 0.2) is 0 Å². The van der Waals surface area contributed by atoms with Crippen LogP contribution in [0.15, 0.2) is 42.5 Å². The molecule has 0 bridgehead atoms. The monoisotopic (exact) mass is 339 g/mol. The highest BCUT2D eigenvalue weighted by Gasteiger charge is 2.36. The summed E-state index contributed by atoms with van der Waals surface area (Å²) in [5, 5.41) is 9.47. The van der Waals surface area contributed by atoms with Crippen molar-refractivity contribution in [1.29, 1.82) is 0 Å². The molecular formula is C20H21NO4. The number of nitrogens with zero attached hydrogens (tertiary/aromatic N) is 1. The maximum Gasteiger partial charge on any atom is 0.414 e. The number of amides is 1. The van der Waals surface area contributed by atoms with Gasteiger partial charge in [-0.2, -0.15) is 0 Å². The smallest absolute Gasteiger partial charge is 0.414 e. The second-order valence-corrected chi connectivity index (χ2v) is 6.70. The van der Waals surface area contributed by atoms with Crippen molar-refractivity contribution < 1.29 is 19.4 Å². The van der Waals surface area contributed by atoms with Crippen LogP contribution in [-0.2, 0) is 4.74 Å². The number of aromatic carboxylic acids is 1. The van der Waals surface area contributed by atoms with Crippen LogP contribution in [0.25, 0.3) is 11.1 Å². The van der Waals surface area contributed by atoms with E-state index in [9.17, 15) is 14.7 Å². The van der Waals surface area contributed by atoms with Crippen molar-refractivity contribution in [3.05, 3.63) is 53.6 Å². The van der Waals surface area contributed by atoms with E-state index in [1.807, 2.05) is 51.1 Å². The van der Waals surface area contributed by atoms with Crippen molar-refractivity contribution in [3.63, 3.8) is 0 Å². The molecule has 1 saturated heterocycles. The van der Waals surface area contributed by atoms with Gasteiger partial charge < -0.3 is 9.84 Å². The topological polar surface area (TPSA) is 66.8 Å². The lowest BCUT2D eigenvalue weighted by molar-refractivity contribution is 0.0697. The van der Waals surface area contributed by atoms with Gasteiger partial charge in [-0.15, -0.1) is 0 Å². The zero-order valence-corrected chi connectivity index (χ0v) is 14.5. The lowest BCUT2D eigenvalue weighted by atomic mass is 9.99. The van der Waals surface area contributed by atoms with Gasteiger partial charge >= 0.3 is 12.1 Å². The van der Waals surface area contributed by atoms with Crippen molar-refractivity contribution >= 4 is 17.7 Å². The number of carboxylic acid groups (broad SMARTS) is 1. The molecule has 1 fully saturated rings. The molecule has 0 aliphatic carbocycles. The fourth-order valence-electron chi connectivity index (χ4n) is 3.01. The third kappa shape index (κ3) is 3.36. The van der Waals surface area contributed by atoms with Crippen LogP contribution < -0.4 is 4.90 Å². The van der Waals surface area contributed by atoms with Crippen LogP contribution in [0, 0.1) is 12.8 Å². The zero-order valence-electron chi connectivity index (χ0n) is 14.5. The molecule has 0 radical (unpaired) electrons. The molecule has 1 heterocycles. The van der Waals surface area contributed by atoms with Crippen molar-refractivity contribution in [3.8, 4) is 11.1 Å². The molecule has 0 aromatic heterocycles. The third-order valence-electron chi connectivity index (χ3n) is 4.50. The van der Waals surface area contributed by atoms with Crippen LogP contribution in [0.2, 0.25) is 0 Å². The highest BCUT2D eigenvalue weighted by Crippen LogP contribution is 2.32. The molecule has 2 aromatic rings. The Labute approximate surface area is 146 Å². The predicted molar refractivity (Wildman–Crippen MR) is 96.0 cm³/mol. The van der Waals surface area contributed by atoms with Crippen LogP contribution in [0.1, 0.15) is 29.8 Å². The summed E-state index contributed by atoms with van der Waals surface area (Å²) < 4.78 is 5.20. The standard InChI is InChI=1S/C20H21NO4/c1-12(2)18-11-25-20(24)21(18)17-9-15(8-16(10-17)19(22)23)14-6-4-13(3)5-7-14/h4-10,12,18H,11H2,1-3H3,(H,22,23)/t18-/m1/s1. The van der Waals surface area contributed by atoms with Crippen LogP contribution in [-0.4, -0.2) is 29.8 Å². The van der Waals surface area contributed by atoms with Gasteiger partial charge in [-0.05, 0) is 42.2 Å². The van der Waals surface area contributed by atoms with E-state index in [2.05, 4.69) is 0 Å². The van der Waals surface area contributed by atoms with E-state index in [1.54, 1.807) is 11.0 Å². The van der Waals surface area contributed by atoms with Gasteiger partial charge in [0, 0.05) is 5.69 Å². The molecule has 0 unspecified atom stereocenters. The van der Waals surface area contributed by atoms with Crippen LogP contribution in [0.3, 0.4) is 0 Å². The molecule has 130 valence electrons. The fraction of sp³-hybridized carbons (Fsp3) is 0.300. The number of carbonyl (C=O) groups is 2. The van der Waals surface area contributed by atoms with Crippen LogP contribution >= 0.6 is 0 Å². The van der Waals surface area contributed by atoms with Gasteiger partial charge in [0.1, 0.15) is 6.61 Å². The van der Waals surface area contributed by atoms with Crippen molar-refractivity contribution in [1.82, 2.24) is 0 Å². The van der Waals surface area contributed by atoms with Crippen molar-refractivity contribution in [2.24, 2.45) is 5.92 Å². The Hall–Kier alpha value is -2.82. The Morgan fingerprint density at radius 2 is 1.84 bits per heavy atom. The Morgan fingerprint density at radius 1 is 1.16 bits per heavy atom. The van der Waals surface area contributed by atoms with E-state index in [0.29, 0.717) is 12.3 Å². The summed E-state index contributed by atoms with van der Waals surface area (Å²) in [7, 11) is 0. The summed E-state index contributed by atoms with van der Waals surface area (Å²) in [4.78, 5) is 25.4. The first kappa shape index (κ1) is 17.0. The minimum absolute atomic E-state index is 0.109. The first-order chi connectivity index (χ1) is 11.9. The van der Waals surface area contributed by atoms with Crippen molar-refractivity contribution in [2.45, 2.75) is 26.8 Å². The summed E-state index contributed by atoms with van der Waals surface area (Å²) in [6, 6.07) is 12.7. The molecule has 1 aliphatic heterocycles. The maximum atomic E-state index is 12.2. The summed E-state index contributed by atoms with van der Waals surface area (Å²) in [6.07, 6.45) is -0.434. The number of rotatable bonds is 4. The molecule has 2 aromatic carbocycles. The number of aryl methyl sites for hydroxylation is 1. The van der Waals surface area contributed by atoms with E-state index in [4.69, 9.17) is 4.74 Å². The minimum atomic E-state index is -1.02. The Balaban J connectivity index is 2.11. The van der Waals surface area contributed by atoms with Gasteiger partial charge in [0.25, 0.3) is 0 Å². The average Bonchev–Trinajstić information content (AvgIpc) is 2.97. The van der Waals surface area contributed by atoms with Crippen LogP contribution in [0.5, 0.6) is 0 Å². The van der Waals surface area contributed by atoms with Crippen LogP contribution in [0.4, 0.5) is 10.5 Å². The highest BCUT2D eigenvalue weighted by molar-refractivity contribution is 5.96. The second kappa shape index (κ2) is 6.59. The van der Waals surface area contributed by atoms with Gasteiger partial charge in [-0.1, -0.05) is 43.7 Å². The predicted octanol–water partition coefficient (Wildman–Crippen LogP) is 4.34. The average molecular weight is 339 g/mol. The molecule has 5 nitrogen and oxygen atoms in total. The molecule has 1 amide bonds. The normalized spacial score (nSPS) is 17.0. The molecular weight excluding hydrogens is 318 g/mol. The van der Waals surface area contributed by atoms with E-state index in [0.717, 1.165) is 16.7 Å². The number of carboxylic acids is 1. The lowest BCUT2D eigenvalue weighted by Gasteiger charge is -2.25. The number of benzene rings is 2. The van der Waals surface area contributed by atoms with E-state index in [-0.39, 0.29) is 17.5 Å². The molecule has 5 heteroatoms. The van der Waals surface area contributed by atoms with Gasteiger partial charge in [-0.25, -0.2) is 9.59 Å². The zero-order chi connectivity index (χ0) is 18.1. The highest BCUT2D eigenvalue weighted by atomic mass is 16.6. The van der Waals surface area contributed by atoms with Gasteiger partial charge in [-0.3, -0.25) is 4.90 Å². The molecule has 1 N–H and O–H groups in total. The number of hydrogen-bond acceptors (Lipinski definition) is 3. The molecule has 25 heavy (non-hydrogen) atoms. The molecule has 1 aliphatic rings. The summed E-state index contributed by atoms with van der Waals surface area (Å²) in [6.45, 7) is 6.34. The number of carbonyl (C=O) groups excluding carboxylic acids is 1. The fourth-order valence-corrected chi connectivity index (χ4v) is 3.01. The van der Waals surface area contributed by atoms with E-state index >= 15 is 0 Å². The molecule has 3 rings (SSSR count). The lowest BCUT2D eigenvalue weighted by Crippen LogP contribution is -2.37. The van der Waals surface area contributed by atoms with Gasteiger partial charge in [0.05, 0.1) is 11.6 Å². The first-order valence-corrected chi connectivity index (χ1v) is 8.28. The SMILES string of the molecule is Cc1ccc(-c2cc(C(=O)O)cc(N3C(=O)OC[C@@H]3C(C)C)c2)cc1. The third-order valence-corrected chi connectivity index (χ3v) is 4.50. The number of ether oxygens (including phenoxy) is 1. The number of cyclic esters (lactones) is 1. The Bertz CT molecular complexity index is 811. The molecule has 1 atom stereocenters. The molecule has 0 spiro atoms. The summed E-state index contributed by atoms with van der Waals surface area (Å²) in [5.41, 5.74) is 3.49. The summed E-state index contributed by atoms with van der Waals surface area (Å²) >= 11 is 0. The molecule has 0 saturated carbocycles. The second-order valence-electron chi connectivity index (χ2n) is 6.70. The minimum Gasteiger partial charge on any atom is -0.478 e.